The van der Waals surface area contributed by atoms with Gasteiger partial charge in [-0.1, -0.05) is 60.7 Å². The lowest BCUT2D eigenvalue weighted by atomic mass is 10.1. The molecule has 4 heteroatoms. The van der Waals surface area contributed by atoms with Crippen LogP contribution in [0.3, 0.4) is 0 Å². The van der Waals surface area contributed by atoms with Crippen molar-refractivity contribution in [3.8, 4) is 11.3 Å². The molecule has 3 aromatic rings. The molecule has 0 aliphatic carbocycles. The topological polar surface area (TPSA) is 55.1 Å². The molecule has 1 amide bonds. The molecule has 24 heavy (non-hydrogen) atoms. The van der Waals surface area contributed by atoms with E-state index < -0.39 is 0 Å². The van der Waals surface area contributed by atoms with Gasteiger partial charge in [-0.25, -0.2) is 4.98 Å². The predicted molar refractivity (Wildman–Crippen MR) is 93.5 cm³/mol. The Hall–Kier alpha value is -2.88. The zero-order valence-electron chi connectivity index (χ0n) is 13.7. The summed E-state index contributed by atoms with van der Waals surface area (Å²) in [7, 11) is 0. The number of amides is 1. The molecule has 1 aromatic heterocycles. The van der Waals surface area contributed by atoms with Gasteiger partial charge in [0.15, 0.2) is 5.89 Å². The van der Waals surface area contributed by atoms with Crippen LogP contribution in [0.5, 0.6) is 0 Å². The number of oxazole rings is 1. The Balaban J connectivity index is 1.58. The zero-order valence-corrected chi connectivity index (χ0v) is 13.7. The molecule has 0 spiro atoms. The van der Waals surface area contributed by atoms with Crippen LogP contribution in [0.2, 0.25) is 0 Å². The molecule has 1 heterocycles. The summed E-state index contributed by atoms with van der Waals surface area (Å²) in [6.45, 7) is 2.37. The second-order valence-electron chi connectivity index (χ2n) is 5.63. The molecule has 0 fully saturated rings. The molecule has 0 unspecified atom stereocenters. The van der Waals surface area contributed by atoms with Crippen molar-refractivity contribution in [2.45, 2.75) is 19.8 Å². The van der Waals surface area contributed by atoms with Crippen LogP contribution in [0.4, 0.5) is 0 Å². The van der Waals surface area contributed by atoms with Gasteiger partial charge < -0.3 is 9.73 Å². The SMILES string of the molecule is Cc1nc(-c2ccccc2)c(CCNC(=O)Cc2ccccc2)o1. The minimum absolute atomic E-state index is 0.0127. The van der Waals surface area contributed by atoms with Crippen LogP contribution >= 0.6 is 0 Å². The highest BCUT2D eigenvalue weighted by Crippen LogP contribution is 2.23. The van der Waals surface area contributed by atoms with E-state index in [1.807, 2.05) is 67.6 Å². The Morgan fingerprint density at radius 3 is 2.42 bits per heavy atom. The van der Waals surface area contributed by atoms with Crippen molar-refractivity contribution < 1.29 is 9.21 Å². The molecule has 0 saturated carbocycles. The van der Waals surface area contributed by atoms with Gasteiger partial charge in [0, 0.05) is 25.5 Å². The second-order valence-corrected chi connectivity index (χ2v) is 5.63. The first-order valence-electron chi connectivity index (χ1n) is 8.05. The van der Waals surface area contributed by atoms with Gasteiger partial charge in [-0.3, -0.25) is 4.79 Å². The summed E-state index contributed by atoms with van der Waals surface area (Å²) in [6, 6.07) is 19.7. The molecule has 0 aliphatic rings. The number of rotatable bonds is 6. The molecule has 1 N–H and O–H groups in total. The molecular weight excluding hydrogens is 300 g/mol. The van der Waals surface area contributed by atoms with Gasteiger partial charge >= 0.3 is 0 Å². The van der Waals surface area contributed by atoms with Crippen LogP contribution in [0.15, 0.2) is 65.1 Å². The van der Waals surface area contributed by atoms with E-state index >= 15 is 0 Å². The van der Waals surface area contributed by atoms with E-state index in [-0.39, 0.29) is 5.91 Å². The third-order valence-electron chi connectivity index (χ3n) is 3.73. The lowest BCUT2D eigenvalue weighted by Crippen LogP contribution is -2.27. The normalized spacial score (nSPS) is 10.5. The van der Waals surface area contributed by atoms with Crippen LogP contribution < -0.4 is 5.32 Å². The fraction of sp³-hybridized carbons (Fsp3) is 0.200. The number of hydrogen-bond acceptors (Lipinski definition) is 3. The first-order valence-corrected chi connectivity index (χ1v) is 8.05. The van der Waals surface area contributed by atoms with Gasteiger partial charge in [0.2, 0.25) is 5.91 Å². The fourth-order valence-electron chi connectivity index (χ4n) is 2.62. The van der Waals surface area contributed by atoms with Gasteiger partial charge in [-0.2, -0.15) is 0 Å². The van der Waals surface area contributed by atoms with Gasteiger partial charge in [0.05, 0.1) is 6.42 Å². The van der Waals surface area contributed by atoms with E-state index in [1.165, 1.54) is 0 Å². The summed E-state index contributed by atoms with van der Waals surface area (Å²) in [5.74, 6) is 1.46. The summed E-state index contributed by atoms with van der Waals surface area (Å²) < 4.78 is 5.71. The van der Waals surface area contributed by atoms with E-state index in [4.69, 9.17) is 4.42 Å². The van der Waals surface area contributed by atoms with Crippen molar-refractivity contribution >= 4 is 5.91 Å². The molecule has 0 radical (unpaired) electrons. The van der Waals surface area contributed by atoms with Crippen LogP contribution in [0, 0.1) is 6.92 Å². The Morgan fingerprint density at radius 1 is 1.04 bits per heavy atom. The number of nitrogens with one attached hydrogen (secondary N) is 1. The van der Waals surface area contributed by atoms with Crippen molar-refractivity contribution in [2.24, 2.45) is 0 Å². The molecule has 122 valence electrons. The van der Waals surface area contributed by atoms with Crippen molar-refractivity contribution in [1.29, 1.82) is 0 Å². The second kappa shape index (κ2) is 7.59. The number of benzene rings is 2. The van der Waals surface area contributed by atoms with Crippen molar-refractivity contribution in [2.75, 3.05) is 6.54 Å². The maximum Gasteiger partial charge on any atom is 0.224 e. The van der Waals surface area contributed by atoms with E-state index in [0.29, 0.717) is 25.3 Å². The van der Waals surface area contributed by atoms with Crippen LogP contribution in [-0.2, 0) is 17.6 Å². The van der Waals surface area contributed by atoms with E-state index in [1.54, 1.807) is 0 Å². The zero-order chi connectivity index (χ0) is 16.8. The first-order chi connectivity index (χ1) is 11.7. The Morgan fingerprint density at radius 2 is 1.71 bits per heavy atom. The highest BCUT2D eigenvalue weighted by molar-refractivity contribution is 5.78. The predicted octanol–water partition coefficient (Wildman–Crippen LogP) is 3.55. The quantitative estimate of drug-likeness (QED) is 0.755. The highest BCUT2D eigenvalue weighted by Gasteiger charge is 2.13. The molecular formula is C20H20N2O2. The van der Waals surface area contributed by atoms with Crippen LogP contribution in [-0.4, -0.2) is 17.4 Å². The average Bonchev–Trinajstić information content (AvgIpc) is 2.97. The maximum atomic E-state index is 12.0. The Labute approximate surface area is 141 Å². The third kappa shape index (κ3) is 4.10. The average molecular weight is 320 g/mol. The van der Waals surface area contributed by atoms with Gasteiger partial charge in [0.1, 0.15) is 11.5 Å². The maximum absolute atomic E-state index is 12.0. The monoisotopic (exact) mass is 320 g/mol. The minimum Gasteiger partial charge on any atom is -0.445 e. The van der Waals surface area contributed by atoms with Gasteiger partial charge in [0.25, 0.3) is 0 Å². The van der Waals surface area contributed by atoms with E-state index in [9.17, 15) is 4.79 Å². The van der Waals surface area contributed by atoms with Crippen molar-refractivity contribution in [1.82, 2.24) is 10.3 Å². The van der Waals surface area contributed by atoms with Gasteiger partial charge in [-0.05, 0) is 5.56 Å². The third-order valence-corrected chi connectivity index (χ3v) is 3.73. The highest BCUT2D eigenvalue weighted by atomic mass is 16.4. The van der Waals surface area contributed by atoms with Crippen LogP contribution in [0.25, 0.3) is 11.3 Å². The summed E-state index contributed by atoms with van der Waals surface area (Å²) in [6.07, 6.45) is 1.01. The summed E-state index contributed by atoms with van der Waals surface area (Å²) in [5.41, 5.74) is 2.89. The molecule has 3 rings (SSSR count). The number of nitrogens with zero attached hydrogens (tertiary/aromatic N) is 1. The lowest BCUT2D eigenvalue weighted by molar-refractivity contribution is -0.120. The number of carbonyl (C=O) groups excluding carboxylic acids is 1. The fourth-order valence-corrected chi connectivity index (χ4v) is 2.62. The van der Waals surface area contributed by atoms with Crippen molar-refractivity contribution in [3.05, 3.63) is 77.9 Å². The van der Waals surface area contributed by atoms with E-state index in [2.05, 4.69) is 10.3 Å². The smallest absolute Gasteiger partial charge is 0.224 e. The Bertz CT molecular complexity index is 795. The lowest BCUT2D eigenvalue weighted by Gasteiger charge is -2.05. The molecule has 0 bridgehead atoms. The first kappa shape index (κ1) is 16.0. The van der Waals surface area contributed by atoms with Gasteiger partial charge in [-0.15, -0.1) is 0 Å². The minimum atomic E-state index is 0.0127. The molecule has 0 aliphatic heterocycles. The largest absolute Gasteiger partial charge is 0.445 e. The standard InChI is InChI=1S/C20H20N2O2/c1-15-22-20(17-10-6-3-7-11-17)18(24-15)12-13-21-19(23)14-16-8-4-2-5-9-16/h2-11H,12-14H2,1H3,(H,21,23). The number of aromatic nitrogens is 1. The van der Waals surface area contributed by atoms with Crippen molar-refractivity contribution in [3.63, 3.8) is 0 Å². The summed E-state index contributed by atoms with van der Waals surface area (Å²) >= 11 is 0. The number of carbonyl (C=O) groups is 1. The molecule has 4 nitrogen and oxygen atoms in total. The van der Waals surface area contributed by atoms with Crippen LogP contribution in [0.1, 0.15) is 17.2 Å². The number of hydrogen-bond donors (Lipinski definition) is 1. The Kier molecular flexibility index (Phi) is 5.06. The van der Waals surface area contributed by atoms with E-state index in [0.717, 1.165) is 22.6 Å². The molecule has 2 aromatic carbocycles. The number of aryl methyl sites for hydroxylation is 1. The summed E-state index contributed by atoms with van der Waals surface area (Å²) in [4.78, 5) is 16.5. The summed E-state index contributed by atoms with van der Waals surface area (Å²) in [5, 5.41) is 2.94. The molecule has 0 atom stereocenters. The molecule has 0 saturated heterocycles.